The summed E-state index contributed by atoms with van der Waals surface area (Å²) in [4.78, 5) is 11.9. The molecule has 0 saturated heterocycles. The molecule has 1 amide bonds. The largest absolute Gasteiger partial charge is 0.382 e. The third-order valence-corrected chi connectivity index (χ3v) is 5.73. The number of amides is 1. The third kappa shape index (κ3) is 5.02. The van der Waals surface area contributed by atoms with Crippen LogP contribution in [0.2, 0.25) is 0 Å². The molecule has 20 heavy (non-hydrogen) atoms. The summed E-state index contributed by atoms with van der Waals surface area (Å²) in [5.74, 6) is -0.347. The van der Waals surface area contributed by atoms with Gasteiger partial charge in [-0.2, -0.15) is 0 Å². The molecule has 0 fully saturated rings. The van der Waals surface area contributed by atoms with Gasteiger partial charge in [0.05, 0.1) is 25.4 Å². The fourth-order valence-corrected chi connectivity index (χ4v) is 3.99. The van der Waals surface area contributed by atoms with E-state index in [1.807, 2.05) is 0 Å². The van der Waals surface area contributed by atoms with Gasteiger partial charge in [0.15, 0.2) is 0 Å². The molecule has 0 aliphatic carbocycles. The van der Waals surface area contributed by atoms with Gasteiger partial charge >= 0.3 is 0 Å². The molecule has 0 atom stereocenters. The normalized spacial score (nSPS) is 11.6. The van der Waals surface area contributed by atoms with Crippen LogP contribution in [-0.4, -0.2) is 47.8 Å². The van der Waals surface area contributed by atoms with E-state index in [1.165, 1.54) is 5.38 Å². The number of halogens is 1. The van der Waals surface area contributed by atoms with Crippen LogP contribution in [0.25, 0.3) is 0 Å². The summed E-state index contributed by atoms with van der Waals surface area (Å²) >= 11 is 0.933. The molecular weight excluding hydrogens is 326 g/mol. The summed E-state index contributed by atoms with van der Waals surface area (Å²) in [7, 11) is 3.04. The van der Waals surface area contributed by atoms with E-state index in [1.54, 1.807) is 14.0 Å². The zero-order valence-electron chi connectivity index (χ0n) is 11.1. The van der Waals surface area contributed by atoms with Gasteiger partial charge in [-0.15, -0.1) is 11.3 Å². The first kappa shape index (κ1) is 17.4. The summed E-state index contributed by atoms with van der Waals surface area (Å²) in [6.07, 6.45) is 0. The van der Waals surface area contributed by atoms with E-state index in [2.05, 4.69) is 5.32 Å². The van der Waals surface area contributed by atoms with Gasteiger partial charge in [-0.1, -0.05) is 0 Å². The molecule has 0 aromatic carbocycles. The van der Waals surface area contributed by atoms with E-state index < -0.39 is 9.05 Å². The fraction of sp³-hybridized carbons (Fsp3) is 0.545. The maximum atomic E-state index is 11.9. The molecule has 1 N–H and O–H groups in total. The van der Waals surface area contributed by atoms with E-state index >= 15 is 0 Å². The van der Waals surface area contributed by atoms with Crippen LogP contribution in [0.15, 0.2) is 9.59 Å². The average Bonchev–Trinajstić information content (AvgIpc) is 2.75. The minimum atomic E-state index is -3.81. The predicted octanol–water partition coefficient (Wildman–Crippen LogP) is 1.38. The van der Waals surface area contributed by atoms with Gasteiger partial charge in [-0.05, 0) is 12.5 Å². The van der Waals surface area contributed by atoms with Crippen LogP contribution >= 0.6 is 22.0 Å². The maximum Gasteiger partial charge on any atom is 0.271 e. The van der Waals surface area contributed by atoms with Crippen molar-refractivity contribution in [1.29, 1.82) is 0 Å². The molecule has 0 unspecified atom stereocenters. The van der Waals surface area contributed by atoms with E-state index in [0.29, 0.717) is 37.5 Å². The molecule has 9 heteroatoms. The number of hydrogen-bond donors (Lipinski definition) is 1. The molecule has 1 aromatic heterocycles. The Morgan fingerprint density at radius 2 is 2.10 bits per heavy atom. The molecule has 1 rings (SSSR count). The fourth-order valence-electron chi connectivity index (χ4n) is 1.44. The second kappa shape index (κ2) is 7.94. The summed E-state index contributed by atoms with van der Waals surface area (Å²) in [5.41, 5.74) is 0.675. The molecular formula is C11H16ClNO5S2. The lowest BCUT2D eigenvalue weighted by atomic mass is 10.2. The van der Waals surface area contributed by atoms with Crippen LogP contribution in [0.5, 0.6) is 0 Å². The summed E-state index contributed by atoms with van der Waals surface area (Å²) in [5, 5.41) is 4.12. The van der Waals surface area contributed by atoms with Crippen molar-refractivity contribution in [2.24, 2.45) is 0 Å². The number of carbonyl (C=O) groups is 1. The molecule has 0 aliphatic rings. The number of hydrogen-bond acceptors (Lipinski definition) is 6. The monoisotopic (exact) mass is 341 g/mol. The molecule has 1 heterocycles. The Labute approximate surface area is 126 Å². The summed E-state index contributed by atoms with van der Waals surface area (Å²) in [6.45, 7) is 3.20. The molecule has 0 spiro atoms. The molecule has 1 aromatic rings. The van der Waals surface area contributed by atoms with Gasteiger partial charge in [0, 0.05) is 29.7 Å². The van der Waals surface area contributed by atoms with Gasteiger partial charge in [-0.25, -0.2) is 8.42 Å². The first-order valence-corrected chi connectivity index (χ1v) is 8.94. The highest BCUT2D eigenvalue weighted by Crippen LogP contribution is 2.29. The van der Waals surface area contributed by atoms with E-state index in [0.717, 1.165) is 11.3 Å². The van der Waals surface area contributed by atoms with Crippen LogP contribution in [0.3, 0.4) is 0 Å². The predicted molar refractivity (Wildman–Crippen MR) is 77.1 cm³/mol. The van der Waals surface area contributed by atoms with Gasteiger partial charge in [-0.3, -0.25) is 4.79 Å². The van der Waals surface area contributed by atoms with Crippen LogP contribution in [0.4, 0.5) is 0 Å². The van der Waals surface area contributed by atoms with E-state index in [4.69, 9.17) is 20.2 Å². The van der Waals surface area contributed by atoms with Crippen LogP contribution in [0.1, 0.15) is 15.9 Å². The molecule has 0 aliphatic heterocycles. The Morgan fingerprint density at radius 3 is 2.65 bits per heavy atom. The lowest BCUT2D eigenvalue weighted by molar-refractivity contribution is 0.0692. The first-order chi connectivity index (χ1) is 9.38. The van der Waals surface area contributed by atoms with Crippen molar-refractivity contribution in [2.45, 2.75) is 11.1 Å². The quantitative estimate of drug-likeness (QED) is 0.570. The van der Waals surface area contributed by atoms with Gasteiger partial charge in [0.25, 0.3) is 15.0 Å². The van der Waals surface area contributed by atoms with Crippen LogP contribution in [-0.2, 0) is 18.5 Å². The Balaban J connectivity index is 2.51. The van der Waals surface area contributed by atoms with Crippen LogP contribution < -0.4 is 5.32 Å². The van der Waals surface area contributed by atoms with Crippen molar-refractivity contribution in [2.75, 3.05) is 33.5 Å². The summed E-state index contributed by atoms with van der Waals surface area (Å²) < 4.78 is 32.5. The number of thiophene rings is 1. The molecule has 0 radical (unpaired) electrons. The van der Waals surface area contributed by atoms with Gasteiger partial charge in [0.1, 0.15) is 4.21 Å². The van der Waals surface area contributed by atoms with Crippen LogP contribution in [0, 0.1) is 6.92 Å². The highest BCUT2D eigenvalue weighted by molar-refractivity contribution is 8.15. The maximum absolute atomic E-state index is 11.9. The Bertz CT molecular complexity index is 555. The van der Waals surface area contributed by atoms with Crippen molar-refractivity contribution in [3.8, 4) is 0 Å². The van der Waals surface area contributed by atoms with E-state index in [-0.39, 0.29) is 10.1 Å². The zero-order chi connectivity index (χ0) is 15.2. The molecule has 114 valence electrons. The summed E-state index contributed by atoms with van der Waals surface area (Å²) in [6, 6.07) is 0. The minimum Gasteiger partial charge on any atom is -0.382 e. The number of rotatable bonds is 8. The number of nitrogens with one attached hydrogen (secondary N) is 1. The van der Waals surface area contributed by atoms with Crippen molar-refractivity contribution in [3.63, 3.8) is 0 Å². The van der Waals surface area contributed by atoms with Gasteiger partial charge in [0.2, 0.25) is 0 Å². The number of carbonyl (C=O) groups excluding carboxylic acids is 1. The topological polar surface area (TPSA) is 81.7 Å². The third-order valence-electron chi connectivity index (χ3n) is 2.42. The smallest absolute Gasteiger partial charge is 0.271 e. The second-order valence-corrected chi connectivity index (χ2v) is 7.50. The highest BCUT2D eigenvalue weighted by atomic mass is 35.7. The average molecular weight is 342 g/mol. The Hall–Kier alpha value is -0.670. The van der Waals surface area contributed by atoms with Crippen molar-refractivity contribution in [1.82, 2.24) is 5.32 Å². The standard InChI is InChI=1S/C11H16ClNO5S2/c1-8-9(7-19-11(8)20(12,15)16)10(14)13-3-4-18-6-5-17-2/h7H,3-6H2,1-2H3,(H,13,14). The van der Waals surface area contributed by atoms with Crippen molar-refractivity contribution < 1.29 is 22.7 Å². The molecule has 0 bridgehead atoms. The lowest BCUT2D eigenvalue weighted by Crippen LogP contribution is -2.27. The number of ether oxygens (including phenoxy) is 2. The molecule has 6 nitrogen and oxygen atoms in total. The molecule has 0 saturated carbocycles. The van der Waals surface area contributed by atoms with Crippen molar-refractivity contribution in [3.05, 3.63) is 16.5 Å². The number of methoxy groups -OCH3 is 1. The first-order valence-electron chi connectivity index (χ1n) is 5.75. The highest BCUT2D eigenvalue weighted by Gasteiger charge is 2.21. The van der Waals surface area contributed by atoms with Crippen molar-refractivity contribution >= 4 is 37.0 Å². The van der Waals surface area contributed by atoms with Gasteiger partial charge < -0.3 is 14.8 Å². The SMILES string of the molecule is COCCOCCNC(=O)c1csc(S(=O)(=O)Cl)c1C. The van der Waals surface area contributed by atoms with E-state index in [9.17, 15) is 13.2 Å². The minimum absolute atomic E-state index is 0.000612. The zero-order valence-corrected chi connectivity index (χ0v) is 13.5. The Morgan fingerprint density at radius 1 is 1.40 bits per heavy atom. The second-order valence-electron chi connectivity index (χ2n) is 3.86. The Kier molecular flexibility index (Phi) is 6.90. The lowest BCUT2D eigenvalue weighted by Gasteiger charge is -2.06.